The lowest BCUT2D eigenvalue weighted by Gasteiger charge is -2.06. The fraction of sp³-hybridized carbons (Fsp3) is 0.176. The third kappa shape index (κ3) is 3.51. The van der Waals surface area contributed by atoms with Crippen LogP contribution in [0.1, 0.15) is 11.5 Å². The van der Waals surface area contributed by atoms with Gasteiger partial charge < -0.3 is 13.9 Å². The number of hydrogen-bond acceptors (Lipinski definition) is 5. The van der Waals surface area contributed by atoms with Crippen LogP contribution in [0, 0.1) is 0 Å². The van der Waals surface area contributed by atoms with Crippen molar-refractivity contribution in [3.63, 3.8) is 0 Å². The molecule has 0 aliphatic rings. The first-order valence-corrected chi connectivity index (χ1v) is 6.93. The molecule has 0 aliphatic heterocycles. The maximum atomic E-state index is 5.74. The Balaban J connectivity index is 1.64. The zero-order valence-electron chi connectivity index (χ0n) is 12.2. The third-order valence-corrected chi connectivity index (χ3v) is 3.08. The second-order valence-electron chi connectivity index (χ2n) is 4.73. The van der Waals surface area contributed by atoms with E-state index in [4.69, 9.17) is 13.9 Å². The standard InChI is InChI=1S/C17H16N2O3/c1-20-12-16-18-19-17(22-16)14-7-9-15(10-8-14)21-11-13-5-3-2-4-6-13/h2-10H,11-12H2,1H3. The lowest BCUT2D eigenvalue weighted by molar-refractivity contribution is 0.160. The minimum Gasteiger partial charge on any atom is -0.489 e. The van der Waals surface area contributed by atoms with Gasteiger partial charge in [-0.1, -0.05) is 30.3 Å². The quantitative estimate of drug-likeness (QED) is 0.697. The monoisotopic (exact) mass is 296 g/mol. The molecule has 0 saturated heterocycles. The second kappa shape index (κ2) is 6.87. The average Bonchev–Trinajstić information content (AvgIpc) is 3.03. The molecule has 112 valence electrons. The van der Waals surface area contributed by atoms with Crippen molar-refractivity contribution < 1.29 is 13.9 Å². The van der Waals surface area contributed by atoms with E-state index in [-0.39, 0.29) is 0 Å². The van der Waals surface area contributed by atoms with Crippen LogP contribution in [0.25, 0.3) is 11.5 Å². The number of benzene rings is 2. The summed E-state index contributed by atoms with van der Waals surface area (Å²) in [5.74, 6) is 1.73. The predicted molar refractivity (Wildman–Crippen MR) is 81.2 cm³/mol. The van der Waals surface area contributed by atoms with Crippen LogP contribution in [0.4, 0.5) is 0 Å². The van der Waals surface area contributed by atoms with Crippen LogP contribution in [0.2, 0.25) is 0 Å². The van der Waals surface area contributed by atoms with Crippen molar-refractivity contribution in [2.45, 2.75) is 13.2 Å². The van der Waals surface area contributed by atoms with E-state index in [1.54, 1.807) is 7.11 Å². The Morgan fingerprint density at radius 1 is 0.909 bits per heavy atom. The van der Waals surface area contributed by atoms with Crippen LogP contribution >= 0.6 is 0 Å². The van der Waals surface area contributed by atoms with E-state index in [2.05, 4.69) is 10.2 Å². The summed E-state index contributed by atoms with van der Waals surface area (Å²) in [7, 11) is 1.59. The Morgan fingerprint density at radius 3 is 2.41 bits per heavy atom. The summed E-state index contributed by atoms with van der Waals surface area (Å²) < 4.78 is 16.2. The lowest BCUT2D eigenvalue weighted by Crippen LogP contribution is -1.94. The molecular weight excluding hydrogens is 280 g/mol. The van der Waals surface area contributed by atoms with Crippen molar-refractivity contribution in [3.8, 4) is 17.2 Å². The topological polar surface area (TPSA) is 57.4 Å². The van der Waals surface area contributed by atoms with Crippen LogP contribution in [-0.2, 0) is 18.0 Å². The molecule has 0 bridgehead atoms. The van der Waals surface area contributed by atoms with Crippen LogP contribution in [0.5, 0.6) is 5.75 Å². The predicted octanol–water partition coefficient (Wildman–Crippen LogP) is 3.46. The van der Waals surface area contributed by atoms with Crippen molar-refractivity contribution in [2.75, 3.05) is 7.11 Å². The summed E-state index contributed by atoms with van der Waals surface area (Å²) in [4.78, 5) is 0. The molecule has 22 heavy (non-hydrogen) atoms. The molecule has 0 amide bonds. The van der Waals surface area contributed by atoms with E-state index in [0.29, 0.717) is 25.0 Å². The van der Waals surface area contributed by atoms with Crippen LogP contribution < -0.4 is 4.74 Å². The van der Waals surface area contributed by atoms with E-state index in [1.165, 1.54) is 0 Å². The molecular formula is C17H16N2O3. The first kappa shape index (κ1) is 14.3. The van der Waals surface area contributed by atoms with E-state index in [0.717, 1.165) is 16.9 Å². The highest BCUT2D eigenvalue weighted by Gasteiger charge is 2.08. The minimum absolute atomic E-state index is 0.311. The Hall–Kier alpha value is -2.66. The van der Waals surface area contributed by atoms with Gasteiger partial charge >= 0.3 is 0 Å². The largest absolute Gasteiger partial charge is 0.489 e. The van der Waals surface area contributed by atoms with Gasteiger partial charge in [0, 0.05) is 12.7 Å². The number of methoxy groups -OCH3 is 1. The fourth-order valence-corrected chi connectivity index (χ4v) is 1.99. The fourth-order valence-electron chi connectivity index (χ4n) is 1.99. The maximum Gasteiger partial charge on any atom is 0.247 e. The molecule has 0 N–H and O–H groups in total. The molecule has 3 rings (SSSR count). The van der Waals surface area contributed by atoms with E-state index in [1.807, 2.05) is 54.6 Å². The number of ether oxygens (including phenoxy) is 2. The smallest absolute Gasteiger partial charge is 0.247 e. The molecule has 2 aromatic carbocycles. The second-order valence-corrected chi connectivity index (χ2v) is 4.73. The van der Waals surface area contributed by atoms with Crippen LogP contribution in [0.3, 0.4) is 0 Å². The minimum atomic E-state index is 0.311. The molecule has 0 fully saturated rings. The van der Waals surface area contributed by atoms with Crippen LogP contribution in [0.15, 0.2) is 59.0 Å². The first-order chi connectivity index (χ1) is 10.8. The van der Waals surface area contributed by atoms with Gasteiger partial charge in [-0.15, -0.1) is 10.2 Å². The summed E-state index contributed by atoms with van der Waals surface area (Å²) >= 11 is 0. The normalized spacial score (nSPS) is 10.6. The number of aromatic nitrogens is 2. The summed E-state index contributed by atoms with van der Waals surface area (Å²) in [5.41, 5.74) is 1.98. The van der Waals surface area contributed by atoms with Gasteiger partial charge in [0.15, 0.2) is 0 Å². The molecule has 0 aliphatic carbocycles. The molecule has 1 aromatic heterocycles. The van der Waals surface area contributed by atoms with E-state index in [9.17, 15) is 0 Å². The summed E-state index contributed by atoms with van der Waals surface area (Å²) in [6.45, 7) is 0.851. The SMILES string of the molecule is COCc1nnc(-c2ccc(OCc3ccccc3)cc2)o1. The molecule has 3 aromatic rings. The Morgan fingerprint density at radius 2 is 1.68 bits per heavy atom. The zero-order valence-corrected chi connectivity index (χ0v) is 12.2. The number of rotatable bonds is 6. The van der Waals surface area contributed by atoms with Gasteiger partial charge in [0.1, 0.15) is 19.0 Å². The van der Waals surface area contributed by atoms with Gasteiger partial charge in [-0.2, -0.15) is 0 Å². The molecule has 0 radical (unpaired) electrons. The van der Waals surface area contributed by atoms with Gasteiger partial charge in [0.25, 0.3) is 0 Å². The third-order valence-electron chi connectivity index (χ3n) is 3.08. The van der Waals surface area contributed by atoms with Crippen molar-refractivity contribution >= 4 is 0 Å². The summed E-state index contributed by atoms with van der Waals surface area (Å²) in [6.07, 6.45) is 0. The molecule has 0 atom stereocenters. The van der Waals surface area contributed by atoms with Crippen molar-refractivity contribution in [2.24, 2.45) is 0 Å². The zero-order chi connectivity index (χ0) is 15.2. The van der Waals surface area contributed by atoms with Gasteiger partial charge in [0.05, 0.1) is 0 Å². The summed E-state index contributed by atoms with van der Waals surface area (Å²) in [5, 5.41) is 7.90. The molecule has 1 heterocycles. The van der Waals surface area contributed by atoms with Crippen LogP contribution in [-0.4, -0.2) is 17.3 Å². The summed E-state index contributed by atoms with van der Waals surface area (Å²) in [6, 6.07) is 17.6. The van der Waals surface area contributed by atoms with E-state index < -0.39 is 0 Å². The van der Waals surface area contributed by atoms with Gasteiger partial charge in [-0.05, 0) is 29.8 Å². The highest BCUT2D eigenvalue weighted by molar-refractivity contribution is 5.53. The van der Waals surface area contributed by atoms with Crippen molar-refractivity contribution in [3.05, 3.63) is 66.1 Å². The first-order valence-electron chi connectivity index (χ1n) is 6.93. The lowest BCUT2D eigenvalue weighted by atomic mass is 10.2. The molecule has 0 spiro atoms. The highest BCUT2D eigenvalue weighted by Crippen LogP contribution is 2.22. The van der Waals surface area contributed by atoms with Gasteiger partial charge in [-0.25, -0.2) is 0 Å². The molecule has 5 heteroatoms. The molecule has 5 nitrogen and oxygen atoms in total. The van der Waals surface area contributed by atoms with Crippen molar-refractivity contribution in [1.82, 2.24) is 10.2 Å². The number of nitrogens with zero attached hydrogens (tertiary/aromatic N) is 2. The maximum absolute atomic E-state index is 5.74. The average molecular weight is 296 g/mol. The Bertz CT molecular complexity index is 708. The molecule has 0 saturated carbocycles. The van der Waals surface area contributed by atoms with Crippen molar-refractivity contribution in [1.29, 1.82) is 0 Å². The Kier molecular flexibility index (Phi) is 4.46. The van der Waals surface area contributed by atoms with Gasteiger partial charge in [0.2, 0.25) is 11.8 Å². The van der Waals surface area contributed by atoms with Gasteiger partial charge in [-0.3, -0.25) is 0 Å². The highest BCUT2D eigenvalue weighted by atomic mass is 16.5. The number of hydrogen-bond donors (Lipinski definition) is 0. The van der Waals surface area contributed by atoms with E-state index >= 15 is 0 Å². The molecule has 0 unspecified atom stereocenters. The Labute approximate surface area is 128 Å².